The molecule has 2 aromatic rings. The molecule has 0 spiro atoms. The van der Waals surface area contributed by atoms with Gasteiger partial charge in [0.05, 0.1) is 18.2 Å². The van der Waals surface area contributed by atoms with Crippen molar-refractivity contribution in [3.05, 3.63) is 53.6 Å². The van der Waals surface area contributed by atoms with Crippen LogP contribution in [0.5, 0.6) is 0 Å². The highest BCUT2D eigenvalue weighted by Crippen LogP contribution is 2.19. The fourth-order valence-corrected chi connectivity index (χ4v) is 3.02. The molecule has 1 fully saturated rings. The van der Waals surface area contributed by atoms with Gasteiger partial charge in [-0.05, 0) is 43.1 Å². The number of carbonyl (C=O) groups excluding carboxylic acids is 1. The monoisotopic (exact) mass is 316 g/mol. The van der Waals surface area contributed by atoms with Gasteiger partial charge in [-0.1, -0.05) is 12.1 Å². The standard InChI is InChI=1S/C17H21FN4O/c18-15-5-1-3-13(9-15)11-22-8-2-4-14(12-22)17(23)19-10-16-6-7-20-21-16/h1,3,5-7,9,14H,2,4,8,10-12H2,(H,19,23)(H,20,21)/t14-/m0/s1. The zero-order valence-corrected chi connectivity index (χ0v) is 13.0. The summed E-state index contributed by atoms with van der Waals surface area (Å²) in [5.74, 6) is -0.155. The summed E-state index contributed by atoms with van der Waals surface area (Å²) in [7, 11) is 0. The number of piperidine rings is 1. The van der Waals surface area contributed by atoms with Gasteiger partial charge in [0.25, 0.3) is 0 Å². The summed E-state index contributed by atoms with van der Waals surface area (Å²) in [4.78, 5) is 14.5. The van der Waals surface area contributed by atoms with Crippen LogP contribution < -0.4 is 5.32 Å². The molecule has 1 saturated heterocycles. The summed E-state index contributed by atoms with van der Waals surface area (Å²) in [5, 5.41) is 9.65. The number of rotatable bonds is 5. The van der Waals surface area contributed by atoms with Crippen LogP contribution in [0.3, 0.4) is 0 Å². The van der Waals surface area contributed by atoms with E-state index in [0.717, 1.165) is 30.6 Å². The Morgan fingerprint density at radius 2 is 2.35 bits per heavy atom. The Balaban J connectivity index is 1.52. The summed E-state index contributed by atoms with van der Waals surface area (Å²) < 4.78 is 13.3. The minimum Gasteiger partial charge on any atom is -0.350 e. The summed E-state index contributed by atoms with van der Waals surface area (Å²) >= 11 is 0. The normalized spacial score (nSPS) is 18.7. The predicted octanol–water partition coefficient (Wildman–Crippen LogP) is 2.08. The van der Waals surface area contributed by atoms with E-state index in [1.165, 1.54) is 6.07 Å². The van der Waals surface area contributed by atoms with Gasteiger partial charge in [0.1, 0.15) is 5.82 Å². The summed E-state index contributed by atoms with van der Waals surface area (Å²) in [6.45, 7) is 2.81. The van der Waals surface area contributed by atoms with Crippen LogP contribution in [-0.2, 0) is 17.9 Å². The van der Waals surface area contributed by atoms with E-state index >= 15 is 0 Å². The van der Waals surface area contributed by atoms with Crippen LogP contribution >= 0.6 is 0 Å². The van der Waals surface area contributed by atoms with Crippen molar-refractivity contribution in [3.8, 4) is 0 Å². The van der Waals surface area contributed by atoms with Crippen molar-refractivity contribution in [1.29, 1.82) is 0 Å². The van der Waals surface area contributed by atoms with Crippen molar-refractivity contribution < 1.29 is 9.18 Å². The zero-order valence-electron chi connectivity index (χ0n) is 13.0. The first kappa shape index (κ1) is 15.7. The highest BCUT2D eigenvalue weighted by Gasteiger charge is 2.25. The number of halogens is 1. The molecule has 1 amide bonds. The lowest BCUT2D eigenvalue weighted by atomic mass is 9.96. The first-order valence-electron chi connectivity index (χ1n) is 7.93. The number of hydrogen-bond acceptors (Lipinski definition) is 3. The second-order valence-corrected chi connectivity index (χ2v) is 6.00. The number of H-pyrrole nitrogens is 1. The SMILES string of the molecule is O=C(NCc1ccn[nH]1)[C@H]1CCCN(Cc2cccc(F)c2)C1. The Bertz CT molecular complexity index is 644. The first-order chi connectivity index (χ1) is 11.2. The molecule has 1 aromatic carbocycles. The van der Waals surface area contributed by atoms with Crippen molar-refractivity contribution in [3.63, 3.8) is 0 Å². The number of aromatic amines is 1. The number of amides is 1. The van der Waals surface area contributed by atoms with Gasteiger partial charge in [-0.2, -0.15) is 5.10 Å². The van der Waals surface area contributed by atoms with Gasteiger partial charge < -0.3 is 5.32 Å². The fourth-order valence-electron chi connectivity index (χ4n) is 3.02. The molecule has 0 bridgehead atoms. The number of nitrogens with one attached hydrogen (secondary N) is 2. The maximum Gasteiger partial charge on any atom is 0.224 e. The second kappa shape index (κ2) is 7.37. The number of benzene rings is 1. The molecule has 122 valence electrons. The van der Waals surface area contributed by atoms with Gasteiger partial charge in [0, 0.05) is 19.3 Å². The van der Waals surface area contributed by atoms with Gasteiger partial charge in [-0.25, -0.2) is 4.39 Å². The summed E-state index contributed by atoms with van der Waals surface area (Å²) in [5.41, 5.74) is 1.84. The van der Waals surface area contributed by atoms with E-state index in [-0.39, 0.29) is 17.6 Å². The molecule has 1 aromatic heterocycles. The molecular weight excluding hydrogens is 295 g/mol. The van der Waals surface area contributed by atoms with Gasteiger partial charge in [-0.15, -0.1) is 0 Å². The molecule has 6 heteroatoms. The van der Waals surface area contributed by atoms with Crippen LogP contribution in [0.15, 0.2) is 36.5 Å². The first-order valence-corrected chi connectivity index (χ1v) is 7.93. The molecule has 1 atom stereocenters. The average Bonchev–Trinajstić information content (AvgIpc) is 3.06. The fraction of sp³-hybridized carbons (Fsp3) is 0.412. The number of likely N-dealkylation sites (tertiary alicyclic amines) is 1. The van der Waals surface area contributed by atoms with E-state index < -0.39 is 0 Å². The van der Waals surface area contributed by atoms with Crippen LogP contribution in [0.4, 0.5) is 4.39 Å². The molecule has 2 N–H and O–H groups in total. The zero-order chi connectivity index (χ0) is 16.1. The largest absolute Gasteiger partial charge is 0.350 e. The molecule has 23 heavy (non-hydrogen) atoms. The lowest BCUT2D eigenvalue weighted by Gasteiger charge is -2.32. The van der Waals surface area contributed by atoms with E-state index in [1.807, 2.05) is 12.1 Å². The maximum atomic E-state index is 13.3. The van der Waals surface area contributed by atoms with Crippen molar-refractivity contribution in [2.45, 2.75) is 25.9 Å². The topological polar surface area (TPSA) is 61.0 Å². The summed E-state index contributed by atoms with van der Waals surface area (Å²) in [6.07, 6.45) is 3.55. The van der Waals surface area contributed by atoms with Gasteiger partial charge in [-0.3, -0.25) is 14.8 Å². The quantitative estimate of drug-likeness (QED) is 0.888. The van der Waals surface area contributed by atoms with Crippen molar-refractivity contribution >= 4 is 5.91 Å². The average molecular weight is 316 g/mol. The minimum atomic E-state index is -0.214. The third kappa shape index (κ3) is 4.39. The molecule has 0 unspecified atom stereocenters. The Labute approximate surface area is 134 Å². The lowest BCUT2D eigenvalue weighted by molar-refractivity contribution is -0.127. The number of aromatic nitrogens is 2. The number of nitrogens with zero attached hydrogens (tertiary/aromatic N) is 2. The maximum absolute atomic E-state index is 13.3. The molecule has 0 aliphatic carbocycles. The van der Waals surface area contributed by atoms with E-state index in [1.54, 1.807) is 18.3 Å². The van der Waals surface area contributed by atoms with Crippen LogP contribution in [-0.4, -0.2) is 34.1 Å². The highest BCUT2D eigenvalue weighted by molar-refractivity contribution is 5.78. The molecule has 3 rings (SSSR count). The van der Waals surface area contributed by atoms with Gasteiger partial charge in [0.2, 0.25) is 5.91 Å². The van der Waals surface area contributed by atoms with Crippen molar-refractivity contribution in [1.82, 2.24) is 20.4 Å². The van der Waals surface area contributed by atoms with Crippen LogP contribution in [0, 0.1) is 11.7 Å². The van der Waals surface area contributed by atoms with E-state index in [2.05, 4.69) is 20.4 Å². The van der Waals surface area contributed by atoms with E-state index in [9.17, 15) is 9.18 Å². The third-order valence-electron chi connectivity index (χ3n) is 4.18. The van der Waals surface area contributed by atoms with Crippen LogP contribution in [0.25, 0.3) is 0 Å². The van der Waals surface area contributed by atoms with Crippen LogP contribution in [0.1, 0.15) is 24.1 Å². The van der Waals surface area contributed by atoms with E-state index in [4.69, 9.17) is 0 Å². The number of carbonyl (C=O) groups is 1. The highest BCUT2D eigenvalue weighted by atomic mass is 19.1. The Morgan fingerprint density at radius 3 is 3.13 bits per heavy atom. The molecule has 2 heterocycles. The Hall–Kier alpha value is -2.21. The Kier molecular flexibility index (Phi) is 5.02. The van der Waals surface area contributed by atoms with E-state index in [0.29, 0.717) is 19.6 Å². The smallest absolute Gasteiger partial charge is 0.224 e. The van der Waals surface area contributed by atoms with Gasteiger partial charge in [0.15, 0.2) is 0 Å². The Morgan fingerprint density at radius 1 is 1.43 bits per heavy atom. The van der Waals surface area contributed by atoms with Crippen LogP contribution in [0.2, 0.25) is 0 Å². The lowest BCUT2D eigenvalue weighted by Crippen LogP contribution is -2.42. The summed E-state index contributed by atoms with van der Waals surface area (Å²) in [6, 6.07) is 8.50. The second-order valence-electron chi connectivity index (χ2n) is 6.00. The van der Waals surface area contributed by atoms with Gasteiger partial charge >= 0.3 is 0 Å². The van der Waals surface area contributed by atoms with Crippen molar-refractivity contribution in [2.24, 2.45) is 5.92 Å². The molecule has 5 nitrogen and oxygen atoms in total. The molecule has 0 radical (unpaired) electrons. The van der Waals surface area contributed by atoms with Crippen molar-refractivity contribution in [2.75, 3.05) is 13.1 Å². The number of hydrogen-bond donors (Lipinski definition) is 2. The third-order valence-corrected chi connectivity index (χ3v) is 4.18. The molecule has 0 saturated carbocycles. The molecule has 1 aliphatic heterocycles. The molecular formula is C17H21FN4O. The predicted molar refractivity (Wildman–Crippen MR) is 84.8 cm³/mol. The molecule has 1 aliphatic rings. The minimum absolute atomic E-state index is 0.0137.